The largest absolute Gasteiger partial charge is 0.455 e. The topological polar surface area (TPSA) is 91.0 Å². The van der Waals surface area contributed by atoms with Gasteiger partial charge in [0.1, 0.15) is 27.8 Å². The van der Waals surface area contributed by atoms with Crippen LogP contribution in [0.3, 0.4) is 0 Å². The minimum absolute atomic E-state index is 0.506. The molecule has 0 bridgehead atoms. The molecule has 0 radical (unpaired) electrons. The van der Waals surface area contributed by atoms with Crippen LogP contribution >= 0.6 is 0 Å². The van der Waals surface area contributed by atoms with E-state index in [0.29, 0.717) is 34.5 Å². The summed E-state index contributed by atoms with van der Waals surface area (Å²) in [7, 11) is 0. The monoisotopic (exact) mass is 682 g/mol. The van der Waals surface area contributed by atoms with Gasteiger partial charge < -0.3 is 13.3 Å². The molecule has 0 saturated carbocycles. The number of hydrogen-bond donors (Lipinski definition) is 0. The van der Waals surface area contributed by atoms with Gasteiger partial charge in [-0.3, -0.25) is 0 Å². The van der Waals surface area contributed by atoms with Gasteiger partial charge in [-0.1, -0.05) is 127 Å². The lowest BCUT2D eigenvalue weighted by Crippen LogP contribution is -2.00. The fraction of sp³-hybridized carbons (Fsp3) is 0. The maximum absolute atomic E-state index is 6.55. The second kappa shape index (κ2) is 11.6. The molecular weight excluding hydrogens is 657 g/mol. The van der Waals surface area contributed by atoms with E-state index in [9.17, 15) is 0 Å². The van der Waals surface area contributed by atoms with Crippen molar-refractivity contribution in [1.82, 2.24) is 19.9 Å². The summed E-state index contributed by atoms with van der Waals surface area (Å²) in [5.74, 6) is 2.20. The third-order valence-corrected chi connectivity index (χ3v) is 9.81. The van der Waals surface area contributed by atoms with E-state index in [1.807, 2.05) is 103 Å². The number of hydrogen-bond acceptors (Lipinski definition) is 7. The van der Waals surface area contributed by atoms with Crippen molar-refractivity contribution in [3.63, 3.8) is 0 Å². The van der Waals surface area contributed by atoms with E-state index >= 15 is 0 Å². The number of para-hydroxylation sites is 5. The van der Waals surface area contributed by atoms with Gasteiger partial charge in [0, 0.05) is 43.8 Å². The molecule has 0 aliphatic heterocycles. The first kappa shape index (κ1) is 29.4. The Balaban J connectivity index is 1.06. The van der Waals surface area contributed by atoms with Gasteiger partial charge in [-0.25, -0.2) is 19.9 Å². The van der Waals surface area contributed by atoms with E-state index in [1.54, 1.807) is 0 Å². The summed E-state index contributed by atoms with van der Waals surface area (Å²) in [5.41, 5.74) is 10.1. The predicted molar refractivity (Wildman–Crippen MR) is 209 cm³/mol. The molecule has 0 spiro atoms. The first-order valence-corrected chi connectivity index (χ1v) is 17.4. The predicted octanol–water partition coefficient (Wildman–Crippen LogP) is 12.1. The van der Waals surface area contributed by atoms with Crippen molar-refractivity contribution in [2.24, 2.45) is 0 Å². The van der Waals surface area contributed by atoms with E-state index in [-0.39, 0.29) is 0 Å². The molecule has 248 valence electrons. The SMILES string of the molecule is c1ccc(-c2nc(-c3ccc(-c4cccc5c4oc4ccccc45)cc3)nc(-c3cccc4oc5c(-c6nc7ccccc7o6)cccc5c34)n2)cc1. The highest BCUT2D eigenvalue weighted by molar-refractivity contribution is 6.15. The summed E-state index contributed by atoms with van der Waals surface area (Å²) < 4.78 is 19.1. The summed E-state index contributed by atoms with van der Waals surface area (Å²) in [6, 6.07) is 52.5. The third-order valence-electron chi connectivity index (χ3n) is 9.81. The minimum Gasteiger partial charge on any atom is -0.455 e. The van der Waals surface area contributed by atoms with Crippen LogP contribution in [-0.4, -0.2) is 19.9 Å². The molecule has 11 rings (SSSR count). The summed E-state index contributed by atoms with van der Waals surface area (Å²) in [5, 5.41) is 4.03. The van der Waals surface area contributed by atoms with Crippen LogP contribution < -0.4 is 0 Å². The zero-order chi connectivity index (χ0) is 34.9. The van der Waals surface area contributed by atoms with Crippen LogP contribution in [0.2, 0.25) is 0 Å². The number of aromatic nitrogens is 4. The normalized spacial score (nSPS) is 11.8. The maximum atomic E-state index is 6.55. The van der Waals surface area contributed by atoms with Gasteiger partial charge in [-0.15, -0.1) is 0 Å². The van der Waals surface area contributed by atoms with E-state index < -0.39 is 0 Å². The molecule has 0 fully saturated rings. The van der Waals surface area contributed by atoms with Crippen LogP contribution in [0.15, 0.2) is 171 Å². The van der Waals surface area contributed by atoms with Gasteiger partial charge >= 0.3 is 0 Å². The number of rotatable bonds is 5. The fourth-order valence-corrected chi connectivity index (χ4v) is 7.31. The van der Waals surface area contributed by atoms with Crippen LogP contribution in [0.25, 0.3) is 112 Å². The standard InChI is InChI=1S/C46H26N4O3/c1-2-11-28(12-3-1)43-48-44(29-25-23-27(24-26-29)30-14-8-15-32-31-13-4-6-20-37(31)51-41(30)32)50-45(49-43)34-17-10-22-39-40(34)33-16-9-18-35(42(33)52-39)46-47-36-19-5-7-21-38(36)53-46/h1-26H. The Kier molecular flexibility index (Phi) is 6.42. The van der Waals surface area contributed by atoms with Gasteiger partial charge in [0.15, 0.2) is 23.1 Å². The Hall–Kier alpha value is -7.38. The second-order valence-electron chi connectivity index (χ2n) is 13.0. The molecule has 0 amide bonds. The highest BCUT2D eigenvalue weighted by Gasteiger charge is 2.21. The molecule has 0 aliphatic carbocycles. The Morgan fingerprint density at radius 3 is 1.72 bits per heavy atom. The number of furan rings is 2. The quantitative estimate of drug-likeness (QED) is 0.178. The number of nitrogens with zero attached hydrogens (tertiary/aromatic N) is 4. The average molecular weight is 683 g/mol. The Bertz CT molecular complexity index is 3140. The first-order chi connectivity index (χ1) is 26.2. The highest BCUT2D eigenvalue weighted by atomic mass is 16.4. The lowest BCUT2D eigenvalue weighted by molar-refractivity contribution is 0.615. The molecule has 0 aliphatic rings. The number of benzene rings is 7. The number of fused-ring (bicyclic) bond motifs is 7. The van der Waals surface area contributed by atoms with Crippen molar-refractivity contribution >= 4 is 55.0 Å². The van der Waals surface area contributed by atoms with Crippen molar-refractivity contribution in [3.8, 4) is 56.7 Å². The van der Waals surface area contributed by atoms with Crippen LogP contribution in [0.1, 0.15) is 0 Å². The van der Waals surface area contributed by atoms with E-state index in [2.05, 4.69) is 54.6 Å². The van der Waals surface area contributed by atoms with Gasteiger partial charge in [0.05, 0.1) is 5.56 Å². The van der Waals surface area contributed by atoms with E-state index in [0.717, 1.165) is 77.2 Å². The summed E-state index contributed by atoms with van der Waals surface area (Å²) >= 11 is 0. The molecule has 0 atom stereocenters. The Morgan fingerprint density at radius 2 is 0.887 bits per heavy atom. The summed E-state index contributed by atoms with van der Waals surface area (Å²) in [6.07, 6.45) is 0. The molecule has 4 aromatic heterocycles. The lowest BCUT2D eigenvalue weighted by Gasteiger charge is -2.10. The van der Waals surface area contributed by atoms with Crippen molar-refractivity contribution in [1.29, 1.82) is 0 Å². The summed E-state index contributed by atoms with van der Waals surface area (Å²) in [4.78, 5) is 19.9. The molecule has 0 saturated heterocycles. The van der Waals surface area contributed by atoms with Crippen LogP contribution in [0.4, 0.5) is 0 Å². The van der Waals surface area contributed by atoms with E-state index in [1.165, 1.54) is 0 Å². The third kappa shape index (κ3) is 4.75. The first-order valence-electron chi connectivity index (χ1n) is 17.4. The molecule has 0 N–H and O–H groups in total. The Labute approximate surface area is 301 Å². The highest BCUT2D eigenvalue weighted by Crippen LogP contribution is 2.41. The Morgan fingerprint density at radius 1 is 0.321 bits per heavy atom. The molecule has 7 heteroatoms. The second-order valence-corrected chi connectivity index (χ2v) is 13.0. The summed E-state index contributed by atoms with van der Waals surface area (Å²) in [6.45, 7) is 0. The minimum atomic E-state index is 0.506. The zero-order valence-corrected chi connectivity index (χ0v) is 28.0. The van der Waals surface area contributed by atoms with Crippen LogP contribution in [-0.2, 0) is 0 Å². The van der Waals surface area contributed by atoms with Gasteiger partial charge in [0.25, 0.3) is 0 Å². The smallest absolute Gasteiger partial charge is 0.231 e. The molecule has 4 heterocycles. The van der Waals surface area contributed by atoms with Crippen molar-refractivity contribution in [2.75, 3.05) is 0 Å². The number of oxazole rings is 1. The fourth-order valence-electron chi connectivity index (χ4n) is 7.31. The van der Waals surface area contributed by atoms with Crippen LogP contribution in [0, 0.1) is 0 Å². The molecule has 0 unspecified atom stereocenters. The van der Waals surface area contributed by atoms with Crippen molar-refractivity contribution in [3.05, 3.63) is 158 Å². The van der Waals surface area contributed by atoms with E-state index in [4.69, 9.17) is 33.2 Å². The zero-order valence-electron chi connectivity index (χ0n) is 28.0. The van der Waals surface area contributed by atoms with Gasteiger partial charge in [-0.05, 0) is 35.9 Å². The van der Waals surface area contributed by atoms with Gasteiger partial charge in [0.2, 0.25) is 5.89 Å². The van der Waals surface area contributed by atoms with Gasteiger partial charge in [-0.2, -0.15) is 0 Å². The van der Waals surface area contributed by atoms with Crippen molar-refractivity contribution in [2.45, 2.75) is 0 Å². The van der Waals surface area contributed by atoms with Crippen LogP contribution in [0.5, 0.6) is 0 Å². The molecular formula is C46H26N4O3. The molecule has 53 heavy (non-hydrogen) atoms. The maximum Gasteiger partial charge on any atom is 0.231 e. The van der Waals surface area contributed by atoms with Crippen molar-refractivity contribution < 1.29 is 13.3 Å². The molecule has 7 nitrogen and oxygen atoms in total. The average Bonchev–Trinajstić information content (AvgIpc) is 3.94. The lowest BCUT2D eigenvalue weighted by atomic mass is 10.0. The molecule has 11 aromatic rings. The molecule has 7 aromatic carbocycles.